The molecule has 116 valence electrons. The van der Waals surface area contributed by atoms with Crippen LogP contribution < -0.4 is 10.6 Å². The largest absolute Gasteiger partial charge is 0.383 e. The van der Waals surface area contributed by atoms with E-state index in [4.69, 9.17) is 16.3 Å². The molecule has 0 saturated carbocycles. The average molecular weight is 316 g/mol. The fraction of sp³-hybridized carbons (Fsp3) is 0.462. The first kappa shape index (κ1) is 17.4. The van der Waals surface area contributed by atoms with Gasteiger partial charge >= 0.3 is 0 Å². The van der Waals surface area contributed by atoms with Crippen LogP contribution in [0.1, 0.15) is 12.5 Å². The molecule has 1 atom stereocenters. The van der Waals surface area contributed by atoms with Crippen LogP contribution in [0.25, 0.3) is 0 Å². The number of halogens is 1. The summed E-state index contributed by atoms with van der Waals surface area (Å²) in [7, 11) is 1.55. The van der Waals surface area contributed by atoms with Crippen molar-refractivity contribution in [1.29, 1.82) is 0 Å². The number of nitro benzene ring substituents is 1. The molecule has 8 heteroatoms. The van der Waals surface area contributed by atoms with Gasteiger partial charge in [-0.25, -0.2) is 0 Å². The second-order valence-electron chi connectivity index (χ2n) is 4.42. The Morgan fingerprint density at radius 1 is 1.52 bits per heavy atom. The molecule has 7 nitrogen and oxygen atoms in total. The monoisotopic (exact) mass is 315 g/mol. The molecule has 0 aliphatic heterocycles. The van der Waals surface area contributed by atoms with Gasteiger partial charge in [-0.3, -0.25) is 14.9 Å². The minimum absolute atomic E-state index is 0.0288. The van der Waals surface area contributed by atoms with Crippen LogP contribution in [-0.2, 0) is 16.1 Å². The number of rotatable bonds is 8. The van der Waals surface area contributed by atoms with Crippen molar-refractivity contribution in [1.82, 2.24) is 10.6 Å². The lowest BCUT2D eigenvalue weighted by molar-refractivity contribution is -0.385. The van der Waals surface area contributed by atoms with Gasteiger partial charge in [0.25, 0.3) is 5.69 Å². The summed E-state index contributed by atoms with van der Waals surface area (Å²) in [6, 6.07) is 3.84. The third-order valence-corrected chi connectivity index (χ3v) is 3.07. The number of hydrogen-bond acceptors (Lipinski definition) is 5. The minimum Gasteiger partial charge on any atom is -0.383 e. The van der Waals surface area contributed by atoms with E-state index in [1.807, 2.05) is 0 Å². The lowest BCUT2D eigenvalue weighted by Crippen LogP contribution is -2.42. The van der Waals surface area contributed by atoms with E-state index in [1.165, 1.54) is 18.2 Å². The lowest BCUT2D eigenvalue weighted by Gasteiger charge is -2.14. The van der Waals surface area contributed by atoms with Crippen LogP contribution in [0.2, 0.25) is 5.02 Å². The number of ether oxygens (including phenoxy) is 1. The van der Waals surface area contributed by atoms with Crippen molar-refractivity contribution in [3.05, 3.63) is 38.9 Å². The zero-order valence-corrected chi connectivity index (χ0v) is 12.6. The Morgan fingerprint density at radius 3 is 2.86 bits per heavy atom. The molecule has 1 aromatic carbocycles. The van der Waals surface area contributed by atoms with Crippen LogP contribution in [-0.4, -0.2) is 37.1 Å². The summed E-state index contributed by atoms with van der Waals surface area (Å²) in [5.74, 6) is -0.197. The molecule has 1 amide bonds. The molecule has 0 bridgehead atoms. The van der Waals surface area contributed by atoms with Gasteiger partial charge in [-0.2, -0.15) is 0 Å². The van der Waals surface area contributed by atoms with E-state index in [2.05, 4.69) is 10.6 Å². The number of nitro groups is 1. The number of nitrogens with zero attached hydrogens (tertiary/aromatic N) is 1. The first-order chi connectivity index (χ1) is 9.95. The fourth-order valence-corrected chi connectivity index (χ4v) is 1.85. The molecule has 0 saturated heterocycles. The van der Waals surface area contributed by atoms with E-state index in [9.17, 15) is 14.9 Å². The zero-order valence-electron chi connectivity index (χ0n) is 11.9. The Hall–Kier alpha value is -1.70. The predicted molar refractivity (Wildman–Crippen MR) is 79.3 cm³/mol. The van der Waals surface area contributed by atoms with Crippen molar-refractivity contribution in [3.63, 3.8) is 0 Å². The molecule has 0 aliphatic carbocycles. The Kier molecular flexibility index (Phi) is 7.07. The van der Waals surface area contributed by atoms with E-state index in [0.29, 0.717) is 23.7 Å². The number of nitrogens with one attached hydrogen (secondary N) is 2. The Bertz CT molecular complexity index is 510. The number of hydrogen-bond donors (Lipinski definition) is 2. The van der Waals surface area contributed by atoms with Crippen LogP contribution in [0, 0.1) is 10.1 Å². The molecule has 2 N–H and O–H groups in total. The molecule has 0 spiro atoms. The van der Waals surface area contributed by atoms with E-state index in [-0.39, 0.29) is 18.1 Å². The van der Waals surface area contributed by atoms with Gasteiger partial charge < -0.3 is 15.4 Å². The SMILES string of the molecule is COCCNC(=O)C(C)NCc1cc(Cl)ccc1[N+](=O)[O-]. The normalized spacial score (nSPS) is 12.0. The summed E-state index contributed by atoms with van der Waals surface area (Å²) in [6.07, 6.45) is 0. The zero-order chi connectivity index (χ0) is 15.8. The summed E-state index contributed by atoms with van der Waals surface area (Å²) >= 11 is 5.84. The van der Waals surface area contributed by atoms with Gasteiger partial charge in [0.05, 0.1) is 17.6 Å². The summed E-state index contributed by atoms with van der Waals surface area (Å²) in [4.78, 5) is 22.2. The van der Waals surface area contributed by atoms with E-state index < -0.39 is 11.0 Å². The average Bonchev–Trinajstić information content (AvgIpc) is 2.44. The highest BCUT2D eigenvalue weighted by Gasteiger charge is 2.16. The maximum atomic E-state index is 11.7. The third kappa shape index (κ3) is 5.66. The molecule has 0 aromatic heterocycles. The Balaban J connectivity index is 2.60. The molecule has 1 aromatic rings. The van der Waals surface area contributed by atoms with Crippen LogP contribution in [0.15, 0.2) is 18.2 Å². The predicted octanol–water partition coefficient (Wildman–Crippen LogP) is 1.49. The van der Waals surface area contributed by atoms with E-state index in [0.717, 1.165) is 0 Å². The van der Waals surface area contributed by atoms with Crippen molar-refractivity contribution in [2.24, 2.45) is 0 Å². The second-order valence-corrected chi connectivity index (χ2v) is 4.85. The van der Waals surface area contributed by atoms with Gasteiger partial charge in [-0.1, -0.05) is 11.6 Å². The smallest absolute Gasteiger partial charge is 0.273 e. The highest BCUT2D eigenvalue weighted by molar-refractivity contribution is 6.30. The first-order valence-electron chi connectivity index (χ1n) is 6.38. The third-order valence-electron chi connectivity index (χ3n) is 2.84. The topological polar surface area (TPSA) is 93.5 Å². The Morgan fingerprint density at radius 2 is 2.24 bits per heavy atom. The van der Waals surface area contributed by atoms with Gasteiger partial charge in [-0.05, 0) is 19.1 Å². The fourth-order valence-electron chi connectivity index (χ4n) is 1.66. The van der Waals surface area contributed by atoms with Crippen molar-refractivity contribution in [3.8, 4) is 0 Å². The molecule has 1 rings (SSSR count). The number of methoxy groups -OCH3 is 1. The first-order valence-corrected chi connectivity index (χ1v) is 6.76. The summed E-state index contributed by atoms with van der Waals surface area (Å²) in [5.41, 5.74) is 0.405. The summed E-state index contributed by atoms with van der Waals surface area (Å²) < 4.78 is 4.83. The van der Waals surface area contributed by atoms with Crippen LogP contribution in [0.5, 0.6) is 0 Å². The molecule has 0 fully saturated rings. The Labute approximate surface area is 127 Å². The highest BCUT2D eigenvalue weighted by Crippen LogP contribution is 2.22. The number of carbonyl (C=O) groups excluding carboxylic acids is 1. The molecule has 0 heterocycles. The van der Waals surface area contributed by atoms with Crippen molar-refractivity contribution >= 4 is 23.2 Å². The molecular formula is C13H18ClN3O4. The second kappa shape index (κ2) is 8.56. The van der Waals surface area contributed by atoms with Crippen molar-refractivity contribution in [2.45, 2.75) is 19.5 Å². The number of benzene rings is 1. The maximum Gasteiger partial charge on any atom is 0.273 e. The lowest BCUT2D eigenvalue weighted by atomic mass is 10.1. The highest BCUT2D eigenvalue weighted by atomic mass is 35.5. The van der Waals surface area contributed by atoms with Crippen molar-refractivity contribution < 1.29 is 14.5 Å². The standard InChI is InChI=1S/C13H18ClN3O4/c1-9(13(18)15-5-6-21-2)16-8-10-7-11(14)3-4-12(10)17(19)20/h3-4,7,9,16H,5-6,8H2,1-2H3,(H,15,18). The number of carbonyl (C=O) groups is 1. The van der Waals surface area contributed by atoms with Gasteiger partial charge in [0, 0.05) is 36.9 Å². The van der Waals surface area contributed by atoms with Gasteiger partial charge in [0.15, 0.2) is 0 Å². The van der Waals surface area contributed by atoms with E-state index in [1.54, 1.807) is 14.0 Å². The molecule has 21 heavy (non-hydrogen) atoms. The number of amides is 1. The summed E-state index contributed by atoms with van der Waals surface area (Å²) in [6.45, 7) is 2.70. The maximum absolute atomic E-state index is 11.7. The van der Waals surface area contributed by atoms with Crippen LogP contribution >= 0.6 is 11.6 Å². The van der Waals surface area contributed by atoms with Gasteiger partial charge in [-0.15, -0.1) is 0 Å². The quantitative estimate of drug-likeness (QED) is 0.430. The molecule has 0 aliphatic rings. The van der Waals surface area contributed by atoms with E-state index >= 15 is 0 Å². The molecule has 1 unspecified atom stereocenters. The molecule has 0 radical (unpaired) electrons. The van der Waals surface area contributed by atoms with Crippen LogP contribution in [0.4, 0.5) is 5.69 Å². The molecular weight excluding hydrogens is 298 g/mol. The van der Waals surface area contributed by atoms with Gasteiger partial charge in [0.1, 0.15) is 0 Å². The van der Waals surface area contributed by atoms with Gasteiger partial charge in [0.2, 0.25) is 5.91 Å². The summed E-state index contributed by atoms with van der Waals surface area (Å²) in [5, 5.41) is 17.0. The minimum atomic E-state index is -0.486. The van der Waals surface area contributed by atoms with Crippen molar-refractivity contribution in [2.75, 3.05) is 20.3 Å². The van der Waals surface area contributed by atoms with Crippen LogP contribution in [0.3, 0.4) is 0 Å².